The van der Waals surface area contributed by atoms with Crippen molar-refractivity contribution >= 4 is 0 Å². The van der Waals surface area contributed by atoms with Gasteiger partial charge in [0, 0.05) is 5.41 Å². The van der Waals surface area contributed by atoms with Crippen molar-refractivity contribution in [3.8, 4) is 0 Å². The summed E-state index contributed by atoms with van der Waals surface area (Å²) in [6.07, 6.45) is 15.0. The van der Waals surface area contributed by atoms with Gasteiger partial charge in [-0.3, -0.25) is 0 Å². The Kier molecular flexibility index (Phi) is 3.54. The zero-order chi connectivity index (χ0) is 12.3. The third-order valence-electron chi connectivity index (χ3n) is 4.94. The highest BCUT2D eigenvalue weighted by Gasteiger charge is 2.37. The minimum absolute atomic E-state index is 0.403. The SMILES string of the molecule is C1=C(C2(c3ccccc3)CCCCC2)CCCC1. The summed E-state index contributed by atoms with van der Waals surface area (Å²) in [5.41, 5.74) is 3.75. The van der Waals surface area contributed by atoms with Crippen molar-refractivity contribution in [1.29, 1.82) is 0 Å². The average Bonchev–Trinajstić information content (AvgIpc) is 2.50. The van der Waals surface area contributed by atoms with Crippen LogP contribution in [0.3, 0.4) is 0 Å². The maximum absolute atomic E-state index is 2.57. The van der Waals surface area contributed by atoms with Gasteiger partial charge < -0.3 is 0 Å². The Morgan fingerprint density at radius 3 is 2.22 bits per heavy atom. The van der Waals surface area contributed by atoms with Crippen LogP contribution in [0.15, 0.2) is 42.0 Å². The summed E-state index contributed by atoms with van der Waals surface area (Å²) in [4.78, 5) is 0. The second-order valence-electron chi connectivity index (χ2n) is 5.98. The van der Waals surface area contributed by atoms with Crippen LogP contribution in [-0.2, 0) is 5.41 Å². The van der Waals surface area contributed by atoms with Crippen LogP contribution in [0.1, 0.15) is 63.4 Å². The maximum atomic E-state index is 2.57. The zero-order valence-electron chi connectivity index (χ0n) is 11.3. The summed E-state index contributed by atoms with van der Waals surface area (Å²) in [5.74, 6) is 0. The van der Waals surface area contributed by atoms with E-state index in [9.17, 15) is 0 Å². The second-order valence-corrected chi connectivity index (χ2v) is 5.98. The van der Waals surface area contributed by atoms with Gasteiger partial charge in [-0.15, -0.1) is 0 Å². The monoisotopic (exact) mass is 240 g/mol. The molecule has 0 nitrogen and oxygen atoms in total. The first kappa shape index (κ1) is 12.0. The maximum Gasteiger partial charge on any atom is 0.0161 e. The molecule has 0 unspecified atom stereocenters. The summed E-state index contributed by atoms with van der Waals surface area (Å²) < 4.78 is 0. The number of benzene rings is 1. The van der Waals surface area contributed by atoms with E-state index in [4.69, 9.17) is 0 Å². The molecule has 0 N–H and O–H groups in total. The van der Waals surface area contributed by atoms with E-state index in [1.54, 1.807) is 11.1 Å². The highest BCUT2D eigenvalue weighted by molar-refractivity contribution is 5.37. The molecule has 0 atom stereocenters. The number of allylic oxidation sites excluding steroid dienone is 2. The van der Waals surface area contributed by atoms with E-state index < -0.39 is 0 Å². The zero-order valence-corrected chi connectivity index (χ0v) is 11.3. The van der Waals surface area contributed by atoms with Gasteiger partial charge in [-0.25, -0.2) is 0 Å². The van der Waals surface area contributed by atoms with Crippen LogP contribution in [0.5, 0.6) is 0 Å². The molecule has 2 aliphatic rings. The van der Waals surface area contributed by atoms with E-state index in [-0.39, 0.29) is 0 Å². The minimum atomic E-state index is 0.403. The van der Waals surface area contributed by atoms with Crippen molar-refractivity contribution in [2.24, 2.45) is 0 Å². The first-order chi connectivity index (χ1) is 8.92. The van der Waals surface area contributed by atoms with E-state index in [1.165, 1.54) is 57.8 Å². The van der Waals surface area contributed by atoms with Gasteiger partial charge in [0.2, 0.25) is 0 Å². The van der Waals surface area contributed by atoms with Gasteiger partial charge in [0.15, 0.2) is 0 Å². The predicted molar refractivity (Wildman–Crippen MR) is 77.8 cm³/mol. The fraction of sp³-hybridized carbons (Fsp3) is 0.556. The molecule has 96 valence electrons. The van der Waals surface area contributed by atoms with Crippen LogP contribution in [0.2, 0.25) is 0 Å². The molecule has 1 aromatic rings. The lowest BCUT2D eigenvalue weighted by molar-refractivity contribution is 0.326. The molecule has 3 rings (SSSR count). The summed E-state index contributed by atoms with van der Waals surface area (Å²) in [6.45, 7) is 0. The molecule has 0 aromatic heterocycles. The minimum Gasteiger partial charge on any atom is -0.0844 e. The highest BCUT2D eigenvalue weighted by atomic mass is 14.4. The molecule has 0 aliphatic heterocycles. The quantitative estimate of drug-likeness (QED) is 0.608. The van der Waals surface area contributed by atoms with Crippen LogP contribution in [0.25, 0.3) is 0 Å². The molecular formula is C18H24. The van der Waals surface area contributed by atoms with Crippen molar-refractivity contribution in [1.82, 2.24) is 0 Å². The molecule has 0 heterocycles. The lowest BCUT2D eigenvalue weighted by atomic mass is 9.63. The van der Waals surface area contributed by atoms with Crippen molar-refractivity contribution in [2.75, 3.05) is 0 Å². The molecule has 1 saturated carbocycles. The van der Waals surface area contributed by atoms with Crippen LogP contribution in [0, 0.1) is 0 Å². The topological polar surface area (TPSA) is 0 Å². The van der Waals surface area contributed by atoms with Gasteiger partial charge in [0.05, 0.1) is 0 Å². The predicted octanol–water partition coefficient (Wildman–Crippen LogP) is 5.39. The standard InChI is InChI=1S/C18H24/c1-4-10-16(11-5-1)18(14-8-3-9-15-18)17-12-6-2-7-13-17/h1,4-5,10-12H,2-3,6-9,13-15H2. The Hall–Kier alpha value is -1.04. The molecular weight excluding hydrogens is 216 g/mol. The summed E-state index contributed by atoms with van der Waals surface area (Å²) in [5, 5.41) is 0. The molecule has 0 radical (unpaired) electrons. The fourth-order valence-electron chi connectivity index (χ4n) is 3.98. The van der Waals surface area contributed by atoms with Crippen LogP contribution >= 0.6 is 0 Å². The Morgan fingerprint density at radius 1 is 0.778 bits per heavy atom. The molecule has 0 saturated heterocycles. The average molecular weight is 240 g/mol. The molecule has 0 spiro atoms. The summed E-state index contributed by atoms with van der Waals surface area (Å²) in [7, 11) is 0. The van der Waals surface area contributed by atoms with Crippen molar-refractivity contribution in [3.05, 3.63) is 47.5 Å². The van der Waals surface area contributed by atoms with Gasteiger partial charge in [-0.05, 0) is 44.1 Å². The van der Waals surface area contributed by atoms with Gasteiger partial charge in [-0.1, -0.05) is 61.2 Å². The normalized spacial score (nSPS) is 23.4. The Balaban J connectivity index is 2.00. The van der Waals surface area contributed by atoms with Crippen LogP contribution < -0.4 is 0 Å². The lowest BCUT2D eigenvalue weighted by Gasteiger charge is -2.41. The van der Waals surface area contributed by atoms with Gasteiger partial charge in [-0.2, -0.15) is 0 Å². The summed E-state index contributed by atoms with van der Waals surface area (Å²) in [6, 6.07) is 11.3. The lowest BCUT2D eigenvalue weighted by Crippen LogP contribution is -2.32. The van der Waals surface area contributed by atoms with E-state index in [0.717, 1.165) is 0 Å². The van der Waals surface area contributed by atoms with Crippen LogP contribution in [-0.4, -0.2) is 0 Å². The fourth-order valence-corrected chi connectivity index (χ4v) is 3.98. The third kappa shape index (κ3) is 2.13. The van der Waals surface area contributed by atoms with E-state index in [2.05, 4.69) is 36.4 Å². The molecule has 1 aromatic carbocycles. The number of hydrogen-bond donors (Lipinski definition) is 0. The van der Waals surface area contributed by atoms with Gasteiger partial charge in [0.25, 0.3) is 0 Å². The third-order valence-corrected chi connectivity index (χ3v) is 4.94. The largest absolute Gasteiger partial charge is 0.0844 e. The molecule has 18 heavy (non-hydrogen) atoms. The summed E-state index contributed by atoms with van der Waals surface area (Å²) >= 11 is 0. The molecule has 0 bridgehead atoms. The molecule has 0 heteroatoms. The second kappa shape index (κ2) is 5.30. The number of hydrogen-bond acceptors (Lipinski definition) is 0. The smallest absolute Gasteiger partial charge is 0.0161 e. The molecule has 1 fully saturated rings. The Labute approximate surface area is 111 Å². The number of rotatable bonds is 2. The Bertz CT molecular complexity index is 407. The highest BCUT2D eigenvalue weighted by Crippen LogP contribution is 2.47. The Morgan fingerprint density at radius 2 is 1.56 bits per heavy atom. The van der Waals surface area contributed by atoms with Crippen LogP contribution in [0.4, 0.5) is 0 Å². The van der Waals surface area contributed by atoms with Gasteiger partial charge in [0.1, 0.15) is 0 Å². The molecule has 2 aliphatic carbocycles. The van der Waals surface area contributed by atoms with Gasteiger partial charge >= 0.3 is 0 Å². The van der Waals surface area contributed by atoms with Crippen molar-refractivity contribution in [2.45, 2.75) is 63.2 Å². The first-order valence-electron chi connectivity index (χ1n) is 7.67. The molecule has 0 amide bonds. The van der Waals surface area contributed by atoms with E-state index >= 15 is 0 Å². The van der Waals surface area contributed by atoms with Crippen molar-refractivity contribution in [3.63, 3.8) is 0 Å². The van der Waals surface area contributed by atoms with E-state index in [0.29, 0.717) is 5.41 Å². The van der Waals surface area contributed by atoms with E-state index in [1.807, 2.05) is 0 Å². The van der Waals surface area contributed by atoms with Crippen molar-refractivity contribution < 1.29 is 0 Å². The first-order valence-corrected chi connectivity index (χ1v) is 7.67.